The number of nitrogens with one attached hydrogen (secondary N) is 1. The molecule has 3 amide bonds. The first-order valence-electron chi connectivity index (χ1n) is 11.5. The first-order chi connectivity index (χ1) is 16.2. The highest BCUT2D eigenvalue weighted by atomic mass is 19.4. The van der Waals surface area contributed by atoms with Crippen LogP contribution in [0.2, 0.25) is 0 Å². The highest BCUT2D eigenvalue weighted by Crippen LogP contribution is 2.60. The van der Waals surface area contributed by atoms with Gasteiger partial charge in [-0.15, -0.1) is 0 Å². The molecule has 4 atom stereocenters. The van der Waals surface area contributed by atoms with E-state index >= 15 is 0 Å². The monoisotopic (exact) mass is 469 g/mol. The normalized spacial score (nSPS) is 30.2. The lowest BCUT2D eigenvalue weighted by atomic mass is 9.75. The van der Waals surface area contributed by atoms with Gasteiger partial charge in [-0.25, -0.2) is 4.90 Å². The fourth-order valence-corrected chi connectivity index (χ4v) is 6.55. The van der Waals surface area contributed by atoms with Gasteiger partial charge < -0.3 is 5.32 Å². The van der Waals surface area contributed by atoms with E-state index in [0.29, 0.717) is 24.2 Å². The van der Waals surface area contributed by atoms with Crippen LogP contribution in [0.3, 0.4) is 0 Å². The summed E-state index contributed by atoms with van der Waals surface area (Å²) < 4.78 is 40.0. The van der Waals surface area contributed by atoms with Gasteiger partial charge in [0.15, 0.2) is 0 Å². The molecule has 1 spiro atoms. The van der Waals surface area contributed by atoms with Crippen LogP contribution in [0.15, 0.2) is 42.5 Å². The summed E-state index contributed by atoms with van der Waals surface area (Å²) in [6.07, 6.45) is -2.45. The van der Waals surface area contributed by atoms with Crippen LogP contribution in [0.5, 0.6) is 0 Å². The smallest absolute Gasteiger partial charge is 0.324 e. The summed E-state index contributed by atoms with van der Waals surface area (Å²) in [6, 6.07) is 9.61. The third kappa shape index (κ3) is 2.53. The summed E-state index contributed by atoms with van der Waals surface area (Å²) in [5.74, 6) is -3.27. The third-order valence-electron chi connectivity index (χ3n) is 7.90. The van der Waals surface area contributed by atoms with E-state index in [1.54, 1.807) is 0 Å². The van der Waals surface area contributed by atoms with Gasteiger partial charge in [0, 0.05) is 17.3 Å². The second-order valence-corrected chi connectivity index (χ2v) is 9.42. The predicted octanol–water partition coefficient (Wildman–Crippen LogP) is 3.70. The van der Waals surface area contributed by atoms with Gasteiger partial charge in [-0.05, 0) is 55.6 Å². The first-order valence-corrected chi connectivity index (χ1v) is 11.5. The van der Waals surface area contributed by atoms with Gasteiger partial charge in [-0.3, -0.25) is 19.3 Å². The summed E-state index contributed by atoms with van der Waals surface area (Å²) >= 11 is 0. The van der Waals surface area contributed by atoms with Crippen LogP contribution in [-0.2, 0) is 32.5 Å². The summed E-state index contributed by atoms with van der Waals surface area (Å²) in [6.45, 7) is 2.57. The number of hydrogen-bond donors (Lipinski definition) is 1. The number of carbonyl (C=O) groups is 3. The van der Waals surface area contributed by atoms with E-state index in [-0.39, 0.29) is 17.6 Å². The maximum Gasteiger partial charge on any atom is 0.416 e. The van der Waals surface area contributed by atoms with Crippen LogP contribution < -0.4 is 10.2 Å². The Morgan fingerprint density at radius 1 is 1.09 bits per heavy atom. The number of fused-ring (bicyclic) bond motifs is 7. The Balaban J connectivity index is 1.52. The molecule has 176 valence electrons. The van der Waals surface area contributed by atoms with E-state index in [2.05, 4.69) is 5.32 Å². The Morgan fingerprint density at radius 2 is 1.88 bits per heavy atom. The minimum Gasteiger partial charge on any atom is -0.324 e. The molecule has 6 nitrogen and oxygen atoms in total. The summed E-state index contributed by atoms with van der Waals surface area (Å²) in [5.41, 5.74) is -0.0821. The first kappa shape index (κ1) is 21.3. The zero-order valence-corrected chi connectivity index (χ0v) is 18.4. The summed E-state index contributed by atoms with van der Waals surface area (Å²) in [4.78, 5) is 44.0. The number of imide groups is 1. The molecule has 2 aromatic rings. The Morgan fingerprint density at radius 3 is 2.62 bits per heavy atom. The molecule has 4 aliphatic rings. The molecule has 34 heavy (non-hydrogen) atoms. The van der Waals surface area contributed by atoms with E-state index in [4.69, 9.17) is 0 Å². The van der Waals surface area contributed by atoms with E-state index in [9.17, 15) is 27.6 Å². The van der Waals surface area contributed by atoms with Crippen molar-refractivity contribution in [2.24, 2.45) is 11.8 Å². The SMILES string of the molecule is CCc1ccc2c(c1)C1(C(=O)N2)C2C(=O)N(c3cccc(C(F)(F)F)c3)C(=O)C2C2CCCN21. The molecule has 2 aromatic carbocycles. The second kappa shape index (κ2) is 6.91. The van der Waals surface area contributed by atoms with Crippen LogP contribution in [0.4, 0.5) is 24.5 Å². The van der Waals surface area contributed by atoms with Crippen molar-refractivity contribution in [2.45, 2.75) is 43.9 Å². The van der Waals surface area contributed by atoms with Crippen LogP contribution in [0.25, 0.3) is 0 Å². The Labute approximate surface area is 193 Å². The number of anilines is 2. The molecule has 0 bridgehead atoms. The molecule has 3 saturated heterocycles. The lowest BCUT2D eigenvalue weighted by Crippen LogP contribution is -2.54. The van der Waals surface area contributed by atoms with Crippen molar-refractivity contribution in [2.75, 3.05) is 16.8 Å². The van der Waals surface area contributed by atoms with Crippen molar-refractivity contribution in [3.05, 3.63) is 59.2 Å². The van der Waals surface area contributed by atoms with Crippen molar-refractivity contribution in [1.82, 2.24) is 4.90 Å². The predicted molar refractivity (Wildman–Crippen MR) is 117 cm³/mol. The largest absolute Gasteiger partial charge is 0.416 e. The van der Waals surface area contributed by atoms with Crippen molar-refractivity contribution < 1.29 is 27.6 Å². The Bertz CT molecular complexity index is 1260. The average Bonchev–Trinajstić information content (AvgIpc) is 3.51. The molecule has 0 aromatic heterocycles. The molecule has 0 radical (unpaired) electrons. The summed E-state index contributed by atoms with van der Waals surface area (Å²) in [7, 11) is 0. The molecule has 9 heteroatoms. The van der Waals surface area contributed by atoms with E-state index in [1.807, 2.05) is 30.0 Å². The topological polar surface area (TPSA) is 69.7 Å². The molecule has 0 saturated carbocycles. The fraction of sp³-hybridized carbons (Fsp3) is 0.400. The molecule has 4 aliphatic heterocycles. The molecule has 4 heterocycles. The second-order valence-electron chi connectivity index (χ2n) is 9.42. The van der Waals surface area contributed by atoms with Crippen LogP contribution in [0, 0.1) is 11.8 Å². The van der Waals surface area contributed by atoms with Gasteiger partial charge in [0.2, 0.25) is 17.7 Å². The van der Waals surface area contributed by atoms with Gasteiger partial charge in [-0.1, -0.05) is 25.1 Å². The number of aryl methyl sites for hydroxylation is 1. The van der Waals surface area contributed by atoms with Gasteiger partial charge in [0.05, 0.1) is 23.1 Å². The van der Waals surface area contributed by atoms with Crippen molar-refractivity contribution in [3.8, 4) is 0 Å². The molecular formula is C25H22F3N3O3. The number of benzene rings is 2. The minimum absolute atomic E-state index is 0.111. The Kier molecular flexibility index (Phi) is 4.34. The van der Waals surface area contributed by atoms with Crippen molar-refractivity contribution in [3.63, 3.8) is 0 Å². The fourth-order valence-electron chi connectivity index (χ4n) is 6.55. The number of rotatable bonds is 2. The highest BCUT2D eigenvalue weighted by molar-refractivity contribution is 6.25. The van der Waals surface area contributed by atoms with Crippen LogP contribution in [0.1, 0.15) is 36.5 Å². The molecule has 0 aliphatic carbocycles. The number of alkyl halides is 3. The van der Waals surface area contributed by atoms with Crippen LogP contribution in [-0.4, -0.2) is 35.2 Å². The molecular weight excluding hydrogens is 447 g/mol. The van der Waals surface area contributed by atoms with Gasteiger partial charge in [0.1, 0.15) is 5.54 Å². The lowest BCUT2D eigenvalue weighted by molar-refractivity contribution is -0.137. The number of halogens is 3. The third-order valence-corrected chi connectivity index (χ3v) is 7.90. The van der Waals surface area contributed by atoms with E-state index in [1.165, 1.54) is 12.1 Å². The van der Waals surface area contributed by atoms with Crippen molar-refractivity contribution in [1.29, 1.82) is 0 Å². The van der Waals surface area contributed by atoms with Gasteiger partial charge in [-0.2, -0.15) is 13.2 Å². The quantitative estimate of drug-likeness (QED) is 0.682. The number of nitrogens with zero attached hydrogens (tertiary/aromatic N) is 2. The zero-order valence-electron chi connectivity index (χ0n) is 18.4. The van der Waals surface area contributed by atoms with E-state index in [0.717, 1.165) is 35.4 Å². The lowest BCUT2D eigenvalue weighted by Gasteiger charge is -2.36. The Hall–Kier alpha value is -3.20. The molecule has 1 N–H and O–H groups in total. The standard InChI is InChI=1S/C25H22F3N3O3/c1-2-13-8-9-17-16(11-13)24(23(34)29-17)20-19(18-7-4-10-30(18)24)21(32)31(22(20)33)15-6-3-5-14(12-15)25(26,27)28/h3,5-6,8-9,11-12,18-20H,2,4,7,10H2,1H3,(H,29,34). The maximum absolute atomic E-state index is 13.9. The van der Waals surface area contributed by atoms with Crippen LogP contribution >= 0.6 is 0 Å². The molecule has 4 unspecified atom stereocenters. The average molecular weight is 469 g/mol. The number of carbonyl (C=O) groups excluding carboxylic acids is 3. The van der Waals surface area contributed by atoms with Gasteiger partial charge in [0.25, 0.3) is 0 Å². The summed E-state index contributed by atoms with van der Waals surface area (Å²) in [5, 5.41) is 2.91. The maximum atomic E-state index is 13.9. The molecule has 3 fully saturated rings. The minimum atomic E-state index is -4.61. The molecule has 6 rings (SSSR count). The number of amides is 3. The zero-order chi connectivity index (χ0) is 24.0. The van der Waals surface area contributed by atoms with Gasteiger partial charge >= 0.3 is 6.18 Å². The number of hydrogen-bond acceptors (Lipinski definition) is 4. The highest BCUT2D eigenvalue weighted by Gasteiger charge is 2.74. The van der Waals surface area contributed by atoms with Crippen molar-refractivity contribution >= 4 is 29.1 Å². The van der Waals surface area contributed by atoms with E-state index < -0.39 is 40.9 Å².